The summed E-state index contributed by atoms with van der Waals surface area (Å²) in [5.41, 5.74) is 4.11. The molecule has 0 bridgehead atoms. The topological polar surface area (TPSA) is 30.2 Å². The van der Waals surface area contributed by atoms with Gasteiger partial charge in [-0.3, -0.25) is 4.79 Å². The molecule has 2 aromatic carbocycles. The summed E-state index contributed by atoms with van der Waals surface area (Å²) in [5, 5.41) is 4.59. The molecular formula is C20H14O2S. The molecule has 2 aromatic heterocycles. The smallest absolute Gasteiger partial charge is 0.201 e. The maximum absolute atomic E-state index is 13.1. The lowest BCUT2D eigenvalue weighted by molar-refractivity contribution is 0.618. The molecule has 0 saturated heterocycles. The Bertz CT molecular complexity index is 1030. The maximum atomic E-state index is 13.1. The van der Waals surface area contributed by atoms with E-state index in [9.17, 15) is 4.79 Å². The number of thiophene rings is 1. The highest BCUT2D eigenvalue weighted by molar-refractivity contribution is 7.08. The van der Waals surface area contributed by atoms with Crippen LogP contribution in [0.3, 0.4) is 0 Å². The molecule has 2 nitrogen and oxygen atoms in total. The zero-order chi connectivity index (χ0) is 15.8. The fraction of sp³-hybridized carbons (Fsp3) is 0.0500. The van der Waals surface area contributed by atoms with E-state index in [-0.39, 0.29) is 5.43 Å². The zero-order valence-corrected chi connectivity index (χ0v) is 13.4. The predicted molar refractivity (Wildman–Crippen MR) is 96.0 cm³/mol. The van der Waals surface area contributed by atoms with Gasteiger partial charge in [-0.25, -0.2) is 0 Å². The Morgan fingerprint density at radius 1 is 0.913 bits per heavy atom. The minimum atomic E-state index is 0.0206. The van der Waals surface area contributed by atoms with Crippen LogP contribution in [0.25, 0.3) is 33.4 Å². The van der Waals surface area contributed by atoms with E-state index in [4.69, 9.17) is 4.42 Å². The molecule has 0 spiro atoms. The Balaban J connectivity index is 2.17. The molecular weight excluding hydrogens is 304 g/mol. The van der Waals surface area contributed by atoms with Gasteiger partial charge in [0.05, 0.1) is 10.9 Å². The van der Waals surface area contributed by atoms with Crippen molar-refractivity contribution >= 4 is 22.3 Å². The van der Waals surface area contributed by atoms with Gasteiger partial charge in [0, 0.05) is 11.1 Å². The number of fused-ring (bicyclic) bond motifs is 1. The first kappa shape index (κ1) is 14.0. The van der Waals surface area contributed by atoms with Crippen molar-refractivity contribution < 1.29 is 4.42 Å². The third-order valence-electron chi connectivity index (χ3n) is 3.96. The number of rotatable bonds is 2. The Morgan fingerprint density at radius 3 is 2.48 bits per heavy atom. The Kier molecular flexibility index (Phi) is 3.36. The highest BCUT2D eigenvalue weighted by atomic mass is 32.1. The minimum Gasteiger partial charge on any atom is -0.455 e. The average molecular weight is 318 g/mol. The van der Waals surface area contributed by atoms with Gasteiger partial charge in [0.15, 0.2) is 0 Å². The molecule has 0 N–H and O–H groups in total. The summed E-state index contributed by atoms with van der Waals surface area (Å²) in [7, 11) is 0. The monoisotopic (exact) mass is 318 g/mol. The Morgan fingerprint density at radius 2 is 1.74 bits per heavy atom. The normalized spacial score (nSPS) is 11.0. The molecule has 0 aliphatic heterocycles. The van der Waals surface area contributed by atoms with Gasteiger partial charge in [-0.15, -0.1) is 0 Å². The van der Waals surface area contributed by atoms with Crippen LogP contribution >= 0.6 is 11.3 Å². The number of hydrogen-bond acceptors (Lipinski definition) is 3. The summed E-state index contributed by atoms with van der Waals surface area (Å²) < 4.78 is 6.22. The van der Waals surface area contributed by atoms with E-state index in [2.05, 4.69) is 0 Å². The van der Waals surface area contributed by atoms with Crippen LogP contribution in [0.5, 0.6) is 0 Å². The maximum Gasteiger partial charge on any atom is 0.201 e. The number of benzene rings is 2. The SMILES string of the molecule is Cc1cccc2c(=O)c(-c3ccsc3)c(-c3ccccc3)oc12. The molecule has 0 unspecified atom stereocenters. The van der Waals surface area contributed by atoms with Crippen molar-refractivity contribution in [2.24, 2.45) is 0 Å². The zero-order valence-electron chi connectivity index (χ0n) is 12.6. The van der Waals surface area contributed by atoms with Gasteiger partial charge in [0.1, 0.15) is 11.3 Å². The van der Waals surface area contributed by atoms with Crippen molar-refractivity contribution in [2.75, 3.05) is 0 Å². The van der Waals surface area contributed by atoms with E-state index in [0.29, 0.717) is 22.3 Å². The Labute approximate surface area is 137 Å². The molecule has 4 rings (SSSR count). The highest BCUT2D eigenvalue weighted by Crippen LogP contribution is 2.34. The predicted octanol–water partition coefficient (Wildman–Crippen LogP) is 5.50. The standard InChI is InChI=1S/C20H14O2S/c1-13-6-5-9-16-18(21)17(15-10-11-23-12-15)20(22-19(13)16)14-7-3-2-4-8-14/h2-12H,1H3. The molecule has 3 heteroatoms. The van der Waals surface area contributed by atoms with Crippen molar-refractivity contribution in [1.29, 1.82) is 0 Å². The second kappa shape index (κ2) is 5.52. The lowest BCUT2D eigenvalue weighted by atomic mass is 9.99. The van der Waals surface area contributed by atoms with Crippen LogP contribution in [0, 0.1) is 6.92 Å². The summed E-state index contributed by atoms with van der Waals surface area (Å²) in [6.07, 6.45) is 0. The number of aryl methyl sites for hydroxylation is 1. The fourth-order valence-electron chi connectivity index (χ4n) is 2.82. The van der Waals surface area contributed by atoms with Crippen molar-refractivity contribution in [3.05, 3.63) is 81.1 Å². The van der Waals surface area contributed by atoms with E-state index < -0.39 is 0 Å². The quantitative estimate of drug-likeness (QED) is 0.489. The lowest BCUT2D eigenvalue weighted by Gasteiger charge is -2.10. The number of hydrogen-bond donors (Lipinski definition) is 0. The molecule has 0 saturated carbocycles. The van der Waals surface area contributed by atoms with E-state index in [1.807, 2.05) is 72.3 Å². The molecule has 0 amide bonds. The van der Waals surface area contributed by atoms with Gasteiger partial charge in [0.25, 0.3) is 0 Å². The molecule has 23 heavy (non-hydrogen) atoms. The van der Waals surface area contributed by atoms with Crippen LogP contribution in [0.2, 0.25) is 0 Å². The Hall–Kier alpha value is -2.65. The van der Waals surface area contributed by atoms with Crippen LogP contribution < -0.4 is 5.43 Å². The van der Waals surface area contributed by atoms with Crippen LogP contribution in [-0.4, -0.2) is 0 Å². The fourth-order valence-corrected chi connectivity index (χ4v) is 3.47. The molecule has 0 aliphatic rings. The summed E-state index contributed by atoms with van der Waals surface area (Å²) in [4.78, 5) is 13.1. The minimum absolute atomic E-state index is 0.0206. The molecule has 0 fully saturated rings. The van der Waals surface area contributed by atoms with Crippen molar-refractivity contribution in [2.45, 2.75) is 6.92 Å². The number of para-hydroxylation sites is 1. The van der Waals surface area contributed by atoms with Gasteiger partial charge in [-0.2, -0.15) is 11.3 Å². The molecule has 4 aromatic rings. The molecule has 0 atom stereocenters. The first-order valence-electron chi connectivity index (χ1n) is 7.40. The van der Waals surface area contributed by atoms with Gasteiger partial charge in [0.2, 0.25) is 5.43 Å². The van der Waals surface area contributed by atoms with Gasteiger partial charge in [-0.1, -0.05) is 42.5 Å². The molecule has 0 aliphatic carbocycles. The third-order valence-corrected chi connectivity index (χ3v) is 4.64. The van der Waals surface area contributed by atoms with E-state index in [1.54, 1.807) is 11.3 Å². The molecule has 2 heterocycles. The second-order valence-electron chi connectivity index (χ2n) is 5.46. The summed E-state index contributed by atoms with van der Waals surface area (Å²) >= 11 is 1.58. The lowest BCUT2D eigenvalue weighted by Crippen LogP contribution is -2.07. The highest BCUT2D eigenvalue weighted by Gasteiger charge is 2.18. The van der Waals surface area contributed by atoms with Crippen LogP contribution in [-0.2, 0) is 0 Å². The summed E-state index contributed by atoms with van der Waals surface area (Å²) in [6.45, 7) is 1.96. The van der Waals surface area contributed by atoms with Gasteiger partial charge >= 0.3 is 0 Å². The van der Waals surface area contributed by atoms with Crippen LogP contribution in [0.15, 0.2) is 74.6 Å². The van der Waals surface area contributed by atoms with Crippen molar-refractivity contribution in [3.63, 3.8) is 0 Å². The van der Waals surface area contributed by atoms with Gasteiger partial charge < -0.3 is 4.42 Å². The van der Waals surface area contributed by atoms with E-state index in [1.165, 1.54) is 0 Å². The molecule has 112 valence electrons. The first-order valence-corrected chi connectivity index (χ1v) is 8.34. The van der Waals surface area contributed by atoms with Crippen molar-refractivity contribution in [1.82, 2.24) is 0 Å². The van der Waals surface area contributed by atoms with Crippen LogP contribution in [0.1, 0.15) is 5.56 Å². The largest absolute Gasteiger partial charge is 0.455 e. The van der Waals surface area contributed by atoms with Crippen molar-refractivity contribution in [3.8, 4) is 22.5 Å². The summed E-state index contributed by atoms with van der Waals surface area (Å²) in [6, 6.07) is 17.5. The van der Waals surface area contributed by atoms with E-state index >= 15 is 0 Å². The summed E-state index contributed by atoms with van der Waals surface area (Å²) in [5.74, 6) is 0.635. The average Bonchev–Trinajstić information content (AvgIpc) is 3.10. The first-order chi connectivity index (χ1) is 11.3. The van der Waals surface area contributed by atoms with E-state index in [0.717, 1.165) is 16.7 Å². The molecule has 0 radical (unpaired) electrons. The van der Waals surface area contributed by atoms with Gasteiger partial charge in [-0.05, 0) is 35.4 Å². The van der Waals surface area contributed by atoms with Crippen LogP contribution in [0.4, 0.5) is 0 Å². The third kappa shape index (κ3) is 2.30. The second-order valence-corrected chi connectivity index (χ2v) is 6.24.